The summed E-state index contributed by atoms with van der Waals surface area (Å²) >= 11 is 0. The molecule has 0 spiro atoms. The van der Waals surface area contributed by atoms with Gasteiger partial charge in [0, 0.05) is 31.7 Å². The molecule has 7 nitrogen and oxygen atoms in total. The predicted octanol–water partition coefficient (Wildman–Crippen LogP) is 0.455. The van der Waals surface area contributed by atoms with Gasteiger partial charge in [-0.15, -0.1) is 0 Å². The maximum Gasteiger partial charge on any atom is 0.215 e. The number of nitrogens with one attached hydrogen (secondary N) is 1. The fourth-order valence-electron chi connectivity index (χ4n) is 2.40. The Morgan fingerprint density at radius 3 is 2.61 bits per heavy atom. The predicted molar refractivity (Wildman–Crippen MR) is 87.4 cm³/mol. The van der Waals surface area contributed by atoms with Crippen LogP contribution in [-0.4, -0.2) is 65.5 Å². The Morgan fingerprint density at radius 2 is 1.96 bits per heavy atom. The molecule has 130 valence electrons. The summed E-state index contributed by atoms with van der Waals surface area (Å²) in [6.45, 7) is 2.69. The number of benzene rings is 1. The van der Waals surface area contributed by atoms with Crippen LogP contribution < -0.4 is 14.8 Å². The van der Waals surface area contributed by atoms with Crippen molar-refractivity contribution < 1.29 is 22.6 Å². The molecule has 0 radical (unpaired) electrons. The first kappa shape index (κ1) is 18.0. The molecule has 0 bridgehead atoms. The van der Waals surface area contributed by atoms with Gasteiger partial charge < -0.3 is 19.5 Å². The molecule has 8 heteroatoms. The molecule has 0 saturated carbocycles. The van der Waals surface area contributed by atoms with E-state index in [1.54, 1.807) is 14.2 Å². The number of hydrogen-bond acceptors (Lipinski definition) is 6. The number of ether oxygens (including phenoxy) is 3. The van der Waals surface area contributed by atoms with E-state index in [4.69, 9.17) is 14.2 Å². The fourth-order valence-corrected chi connectivity index (χ4v) is 3.76. The van der Waals surface area contributed by atoms with E-state index >= 15 is 0 Å². The lowest BCUT2D eigenvalue weighted by Gasteiger charge is -2.26. The van der Waals surface area contributed by atoms with Crippen molar-refractivity contribution in [3.05, 3.63) is 23.8 Å². The molecule has 0 atom stereocenters. The van der Waals surface area contributed by atoms with Crippen LogP contribution in [0.4, 0.5) is 0 Å². The van der Waals surface area contributed by atoms with Gasteiger partial charge in [-0.2, -0.15) is 4.31 Å². The summed E-state index contributed by atoms with van der Waals surface area (Å²) in [7, 11) is -0.0209. The quantitative estimate of drug-likeness (QED) is 0.690. The van der Waals surface area contributed by atoms with Gasteiger partial charge in [-0.1, -0.05) is 0 Å². The Hall–Kier alpha value is -1.35. The highest BCUT2D eigenvalue weighted by Crippen LogP contribution is 2.23. The second kappa shape index (κ2) is 8.49. The maximum atomic E-state index is 12.2. The molecule has 0 aromatic heterocycles. The van der Waals surface area contributed by atoms with Gasteiger partial charge in [-0.3, -0.25) is 0 Å². The third-order valence-corrected chi connectivity index (χ3v) is 5.58. The molecule has 1 aromatic rings. The number of hydrogen-bond donors (Lipinski definition) is 1. The van der Waals surface area contributed by atoms with Gasteiger partial charge in [0.2, 0.25) is 10.0 Å². The lowest BCUT2D eigenvalue weighted by atomic mass is 10.2. The number of methoxy groups -OCH3 is 2. The lowest BCUT2D eigenvalue weighted by Crippen LogP contribution is -2.43. The number of nitrogens with zero attached hydrogens (tertiary/aromatic N) is 1. The average molecular weight is 344 g/mol. The summed E-state index contributed by atoms with van der Waals surface area (Å²) in [5.41, 5.74) is 0.927. The largest absolute Gasteiger partial charge is 0.497 e. The van der Waals surface area contributed by atoms with E-state index in [0.29, 0.717) is 39.4 Å². The minimum absolute atomic E-state index is 0.0687. The van der Waals surface area contributed by atoms with Crippen LogP contribution in [0.25, 0.3) is 0 Å². The number of sulfonamides is 1. The highest BCUT2D eigenvalue weighted by Gasteiger charge is 2.23. The van der Waals surface area contributed by atoms with Crippen molar-refractivity contribution in [3.63, 3.8) is 0 Å². The van der Waals surface area contributed by atoms with E-state index < -0.39 is 10.0 Å². The zero-order valence-corrected chi connectivity index (χ0v) is 14.4. The molecule has 2 rings (SSSR count). The van der Waals surface area contributed by atoms with Gasteiger partial charge in [-0.25, -0.2) is 8.42 Å². The van der Waals surface area contributed by atoms with E-state index in [0.717, 1.165) is 17.1 Å². The summed E-state index contributed by atoms with van der Waals surface area (Å²) in [6.07, 6.45) is 0. The van der Waals surface area contributed by atoms with Crippen molar-refractivity contribution in [2.45, 2.75) is 6.54 Å². The normalized spacial score (nSPS) is 16.3. The van der Waals surface area contributed by atoms with Crippen LogP contribution in [0.5, 0.6) is 11.5 Å². The van der Waals surface area contributed by atoms with Crippen LogP contribution in [0.2, 0.25) is 0 Å². The molecule has 1 N–H and O–H groups in total. The van der Waals surface area contributed by atoms with Gasteiger partial charge in [0.05, 0.1) is 33.2 Å². The van der Waals surface area contributed by atoms with Crippen LogP contribution in [0.3, 0.4) is 0 Å². The van der Waals surface area contributed by atoms with Crippen molar-refractivity contribution in [2.75, 3.05) is 52.8 Å². The average Bonchev–Trinajstić information content (AvgIpc) is 2.59. The fraction of sp³-hybridized carbons (Fsp3) is 0.600. The minimum Gasteiger partial charge on any atom is -0.497 e. The second-order valence-electron chi connectivity index (χ2n) is 5.18. The highest BCUT2D eigenvalue weighted by molar-refractivity contribution is 7.89. The molecule has 0 amide bonds. The first-order valence-electron chi connectivity index (χ1n) is 7.54. The molecule has 1 fully saturated rings. The van der Waals surface area contributed by atoms with Crippen LogP contribution >= 0.6 is 0 Å². The third-order valence-electron chi connectivity index (χ3n) is 3.70. The van der Waals surface area contributed by atoms with Crippen molar-refractivity contribution in [1.29, 1.82) is 0 Å². The Morgan fingerprint density at radius 1 is 1.22 bits per heavy atom. The van der Waals surface area contributed by atoms with E-state index in [1.807, 2.05) is 18.2 Å². The standard InChI is InChI=1S/C15H24N2O5S/c1-20-14-3-4-15(21-2)13(11-14)12-16-5-10-23(18,19)17-6-8-22-9-7-17/h3-4,11,16H,5-10,12H2,1-2H3. The van der Waals surface area contributed by atoms with Gasteiger partial charge in [-0.05, 0) is 18.2 Å². The first-order valence-corrected chi connectivity index (χ1v) is 9.15. The Labute approximate surface area is 137 Å². The highest BCUT2D eigenvalue weighted by atomic mass is 32.2. The van der Waals surface area contributed by atoms with Gasteiger partial charge in [0.1, 0.15) is 11.5 Å². The van der Waals surface area contributed by atoms with Crippen LogP contribution in [0.1, 0.15) is 5.56 Å². The van der Waals surface area contributed by atoms with E-state index in [-0.39, 0.29) is 5.75 Å². The minimum atomic E-state index is -3.23. The lowest BCUT2D eigenvalue weighted by molar-refractivity contribution is 0.0730. The van der Waals surface area contributed by atoms with Crippen molar-refractivity contribution in [2.24, 2.45) is 0 Å². The Bertz CT molecular complexity index is 600. The molecule has 1 aliphatic rings. The van der Waals surface area contributed by atoms with Crippen molar-refractivity contribution in [3.8, 4) is 11.5 Å². The molecule has 23 heavy (non-hydrogen) atoms. The van der Waals surface area contributed by atoms with Gasteiger partial charge in [0.15, 0.2) is 0 Å². The second-order valence-corrected chi connectivity index (χ2v) is 7.27. The molecular weight excluding hydrogens is 320 g/mol. The van der Waals surface area contributed by atoms with E-state index in [9.17, 15) is 8.42 Å². The molecule has 0 unspecified atom stereocenters. The Kier molecular flexibility index (Phi) is 6.64. The Balaban J connectivity index is 1.85. The summed E-state index contributed by atoms with van der Waals surface area (Å²) in [5, 5.41) is 3.15. The molecule has 1 heterocycles. The van der Waals surface area contributed by atoms with Crippen LogP contribution in [0, 0.1) is 0 Å². The first-order chi connectivity index (χ1) is 11.1. The third kappa shape index (κ3) is 5.07. The van der Waals surface area contributed by atoms with E-state index in [2.05, 4.69) is 5.32 Å². The molecule has 0 aliphatic carbocycles. The molecular formula is C15H24N2O5S. The SMILES string of the molecule is COc1ccc(OC)c(CNCCS(=O)(=O)N2CCOCC2)c1. The zero-order chi connectivity index (χ0) is 16.7. The number of morpholine rings is 1. The monoisotopic (exact) mass is 344 g/mol. The molecule has 1 aliphatic heterocycles. The number of rotatable bonds is 8. The summed E-state index contributed by atoms with van der Waals surface area (Å²) in [4.78, 5) is 0. The summed E-state index contributed by atoms with van der Waals surface area (Å²) in [5.74, 6) is 1.55. The zero-order valence-electron chi connectivity index (χ0n) is 13.6. The van der Waals surface area contributed by atoms with Crippen LogP contribution in [0.15, 0.2) is 18.2 Å². The maximum absolute atomic E-state index is 12.2. The smallest absolute Gasteiger partial charge is 0.215 e. The van der Waals surface area contributed by atoms with Crippen molar-refractivity contribution >= 4 is 10.0 Å². The molecule has 1 aromatic carbocycles. The summed E-state index contributed by atoms with van der Waals surface area (Å²) in [6, 6.07) is 5.54. The topological polar surface area (TPSA) is 77.1 Å². The summed E-state index contributed by atoms with van der Waals surface area (Å²) < 4.78 is 41.6. The van der Waals surface area contributed by atoms with Gasteiger partial charge >= 0.3 is 0 Å². The van der Waals surface area contributed by atoms with Crippen molar-refractivity contribution in [1.82, 2.24) is 9.62 Å². The van der Waals surface area contributed by atoms with Gasteiger partial charge in [0.25, 0.3) is 0 Å². The molecule has 1 saturated heterocycles. The van der Waals surface area contributed by atoms with Crippen LogP contribution in [-0.2, 0) is 21.3 Å². The van der Waals surface area contributed by atoms with E-state index in [1.165, 1.54) is 4.31 Å².